The average molecular weight is 430 g/mol. The topological polar surface area (TPSA) is 99.1 Å². The van der Waals surface area contributed by atoms with Crippen molar-refractivity contribution in [3.8, 4) is 16.5 Å². The molecule has 1 amide bonds. The minimum atomic E-state index is -3.22. The van der Waals surface area contributed by atoms with Gasteiger partial charge < -0.3 is 10.6 Å². The highest BCUT2D eigenvalue weighted by Gasteiger charge is 2.43. The summed E-state index contributed by atoms with van der Waals surface area (Å²) in [7, 11) is -3.22. The van der Waals surface area contributed by atoms with E-state index in [4.69, 9.17) is 0 Å². The number of carbonyl (C=O) groups is 1. The fourth-order valence-electron chi connectivity index (χ4n) is 4.25. The molecule has 0 unspecified atom stereocenters. The lowest BCUT2D eigenvalue weighted by Gasteiger charge is -2.23. The highest BCUT2D eigenvalue weighted by atomic mass is 32.2. The van der Waals surface area contributed by atoms with Crippen molar-refractivity contribution in [3.63, 3.8) is 0 Å². The molecule has 0 spiro atoms. The third kappa shape index (κ3) is 4.37. The summed E-state index contributed by atoms with van der Waals surface area (Å²) in [5.41, 5.74) is 0.928. The second-order valence-electron chi connectivity index (χ2n) is 7.87. The molecule has 2 aromatic rings. The number of benzene rings is 1. The van der Waals surface area contributed by atoms with Gasteiger partial charge in [0.15, 0.2) is 9.84 Å². The van der Waals surface area contributed by atoms with Gasteiger partial charge in [0.1, 0.15) is 6.04 Å². The maximum atomic E-state index is 12.6. The number of rotatable bonds is 6. The Morgan fingerprint density at radius 3 is 2.62 bits per heavy atom. The smallest absolute Gasteiger partial charge is 0.238 e. The van der Waals surface area contributed by atoms with E-state index in [0.717, 1.165) is 34.6 Å². The van der Waals surface area contributed by atoms with Crippen LogP contribution >= 0.6 is 11.3 Å². The maximum Gasteiger partial charge on any atom is 0.238 e. The highest BCUT2D eigenvalue weighted by molar-refractivity contribution is 7.90. The average Bonchev–Trinajstić information content (AvgIpc) is 3.44. The summed E-state index contributed by atoms with van der Waals surface area (Å²) in [6, 6.07) is 12.6. The Bertz CT molecular complexity index is 1050. The lowest BCUT2D eigenvalue weighted by atomic mass is 9.99. The first kappa shape index (κ1) is 20.1. The van der Waals surface area contributed by atoms with Crippen molar-refractivity contribution >= 4 is 27.1 Å². The molecule has 2 heterocycles. The van der Waals surface area contributed by atoms with Crippen LogP contribution in [0.4, 0.5) is 0 Å². The molecule has 1 aliphatic heterocycles. The van der Waals surface area contributed by atoms with Gasteiger partial charge in [-0.25, -0.2) is 8.42 Å². The lowest BCUT2D eigenvalue weighted by Crippen LogP contribution is -2.50. The van der Waals surface area contributed by atoms with Crippen LogP contribution in [0.25, 0.3) is 10.4 Å². The molecule has 0 radical (unpaired) electrons. The van der Waals surface area contributed by atoms with Crippen molar-refractivity contribution in [1.29, 1.82) is 5.26 Å². The number of thiophene rings is 1. The molecule has 1 saturated carbocycles. The first-order valence-corrected chi connectivity index (χ1v) is 12.4. The first-order chi connectivity index (χ1) is 13.8. The zero-order valence-electron chi connectivity index (χ0n) is 16.1. The molecule has 1 saturated heterocycles. The van der Waals surface area contributed by atoms with Gasteiger partial charge >= 0.3 is 0 Å². The van der Waals surface area contributed by atoms with Gasteiger partial charge in [0, 0.05) is 28.5 Å². The number of carbonyl (C=O) groups excluding carboxylic acids is 1. The predicted octanol–water partition coefficient (Wildman–Crippen LogP) is 2.51. The fourth-order valence-corrected chi connectivity index (χ4v) is 5.94. The Balaban J connectivity index is 1.40. The van der Waals surface area contributed by atoms with E-state index in [1.165, 1.54) is 6.26 Å². The molecule has 2 N–H and O–H groups in total. The number of amides is 1. The number of piperidine rings is 1. The zero-order valence-corrected chi connectivity index (χ0v) is 17.7. The zero-order chi connectivity index (χ0) is 20.6. The summed E-state index contributed by atoms with van der Waals surface area (Å²) in [5, 5.41) is 15.8. The maximum absolute atomic E-state index is 12.6. The summed E-state index contributed by atoms with van der Waals surface area (Å²) >= 11 is 1.55. The largest absolute Gasteiger partial charge is 0.339 e. The highest BCUT2D eigenvalue weighted by Crippen LogP contribution is 2.35. The second-order valence-corrected chi connectivity index (χ2v) is 11.1. The molecule has 6 nitrogen and oxygen atoms in total. The number of hydrogen-bond donors (Lipinski definition) is 2. The van der Waals surface area contributed by atoms with Crippen LogP contribution in [0.5, 0.6) is 0 Å². The Labute approximate surface area is 174 Å². The van der Waals surface area contributed by atoms with Crippen molar-refractivity contribution in [2.45, 2.75) is 48.7 Å². The van der Waals surface area contributed by atoms with Crippen LogP contribution < -0.4 is 10.6 Å². The van der Waals surface area contributed by atoms with Crippen LogP contribution in [-0.4, -0.2) is 38.7 Å². The van der Waals surface area contributed by atoms with Crippen LogP contribution in [0.1, 0.15) is 24.1 Å². The van der Waals surface area contributed by atoms with Crippen LogP contribution in [-0.2, 0) is 21.1 Å². The molecule has 8 heteroatoms. The Morgan fingerprint density at radius 1 is 1.28 bits per heavy atom. The summed E-state index contributed by atoms with van der Waals surface area (Å²) in [5.74, 6) is 0.319. The van der Waals surface area contributed by atoms with Gasteiger partial charge in [0.05, 0.1) is 17.0 Å². The van der Waals surface area contributed by atoms with Crippen LogP contribution in [0, 0.1) is 17.2 Å². The Hall–Kier alpha value is -2.21. The van der Waals surface area contributed by atoms with Gasteiger partial charge in [-0.3, -0.25) is 4.79 Å². The minimum absolute atomic E-state index is 0.0723. The lowest BCUT2D eigenvalue weighted by molar-refractivity contribution is -0.124. The van der Waals surface area contributed by atoms with E-state index < -0.39 is 15.9 Å². The second kappa shape index (κ2) is 7.90. The van der Waals surface area contributed by atoms with Crippen LogP contribution in [0.2, 0.25) is 0 Å². The number of fused-ring (bicyclic) bond motifs is 2. The standard InChI is InChI=1S/C21H23N3O3S2/c1-29(26,27)18-7-3-13(4-8-18)19-9-6-17(28-19)11-16(12-22)24-21(25)20-14-2-5-15(10-14)23-20/h3-4,6-9,14-16,20,23H,2,5,10-11H2,1H3,(H,24,25)/t14-,15+,16-,20-/m0/s1. The van der Waals surface area contributed by atoms with E-state index >= 15 is 0 Å². The van der Waals surface area contributed by atoms with Gasteiger partial charge in [-0.2, -0.15) is 5.26 Å². The molecular formula is C21H23N3O3S2. The van der Waals surface area contributed by atoms with E-state index in [9.17, 15) is 18.5 Å². The van der Waals surface area contributed by atoms with E-state index in [1.54, 1.807) is 35.6 Å². The molecular weight excluding hydrogens is 406 g/mol. The quantitative estimate of drug-likeness (QED) is 0.735. The van der Waals surface area contributed by atoms with Crippen molar-refractivity contribution in [2.24, 2.45) is 5.92 Å². The van der Waals surface area contributed by atoms with Gasteiger partial charge in [-0.1, -0.05) is 12.1 Å². The fraction of sp³-hybridized carbons (Fsp3) is 0.429. The molecule has 1 aliphatic carbocycles. The van der Waals surface area contributed by atoms with Crippen molar-refractivity contribution in [3.05, 3.63) is 41.3 Å². The number of hydrogen-bond acceptors (Lipinski definition) is 6. The van der Waals surface area contributed by atoms with Gasteiger partial charge in [0.25, 0.3) is 0 Å². The third-order valence-electron chi connectivity index (χ3n) is 5.75. The molecule has 4 rings (SSSR count). The molecule has 1 aromatic carbocycles. The van der Waals surface area contributed by atoms with E-state index in [1.807, 2.05) is 12.1 Å². The summed E-state index contributed by atoms with van der Waals surface area (Å²) in [6.45, 7) is 0. The number of sulfone groups is 1. The van der Waals surface area contributed by atoms with E-state index in [-0.39, 0.29) is 11.9 Å². The van der Waals surface area contributed by atoms with Gasteiger partial charge in [0.2, 0.25) is 5.91 Å². The third-order valence-corrected chi connectivity index (χ3v) is 8.03. The minimum Gasteiger partial charge on any atom is -0.339 e. The Morgan fingerprint density at radius 2 is 2.03 bits per heavy atom. The Kier molecular flexibility index (Phi) is 5.47. The number of nitrogens with one attached hydrogen (secondary N) is 2. The number of nitriles is 1. The molecule has 1 aromatic heterocycles. The van der Waals surface area contributed by atoms with Crippen molar-refractivity contribution in [1.82, 2.24) is 10.6 Å². The van der Waals surface area contributed by atoms with E-state index in [0.29, 0.717) is 23.3 Å². The monoisotopic (exact) mass is 429 g/mol. The van der Waals surface area contributed by atoms with Gasteiger partial charge in [-0.05, 0) is 55.0 Å². The molecule has 2 aliphatic rings. The predicted molar refractivity (Wildman–Crippen MR) is 112 cm³/mol. The van der Waals surface area contributed by atoms with Crippen molar-refractivity contribution in [2.75, 3.05) is 6.26 Å². The molecule has 2 bridgehead atoms. The summed E-state index contributed by atoms with van der Waals surface area (Å²) in [6.07, 6.45) is 4.92. The van der Waals surface area contributed by atoms with Crippen LogP contribution in [0.15, 0.2) is 41.3 Å². The molecule has 152 valence electrons. The van der Waals surface area contributed by atoms with Gasteiger partial charge in [-0.15, -0.1) is 11.3 Å². The molecule has 4 atom stereocenters. The summed E-state index contributed by atoms with van der Waals surface area (Å²) < 4.78 is 23.2. The van der Waals surface area contributed by atoms with Crippen molar-refractivity contribution < 1.29 is 13.2 Å². The molecule has 29 heavy (non-hydrogen) atoms. The first-order valence-electron chi connectivity index (χ1n) is 9.69. The summed E-state index contributed by atoms with van der Waals surface area (Å²) in [4.78, 5) is 14.9. The van der Waals surface area contributed by atoms with Crippen LogP contribution in [0.3, 0.4) is 0 Å². The molecule has 2 fully saturated rings. The SMILES string of the molecule is CS(=O)(=O)c1ccc(-c2ccc(C[C@@H](C#N)NC(=O)[C@H]3N[C@@H]4CC[C@H]3C4)s2)cc1. The van der Waals surface area contributed by atoms with E-state index in [2.05, 4.69) is 16.7 Å². The normalized spacial score (nSPS) is 24.2. The number of nitrogens with zero attached hydrogens (tertiary/aromatic N) is 1.